The number of nitrogens with zero attached hydrogens (tertiary/aromatic N) is 3. The molecule has 0 unspecified atom stereocenters. The molecule has 2 amide bonds. The minimum atomic E-state index is -0.282. The molecule has 1 saturated heterocycles. The number of halogens is 1. The Morgan fingerprint density at radius 2 is 1.84 bits per heavy atom. The Labute approximate surface area is 181 Å². The summed E-state index contributed by atoms with van der Waals surface area (Å²) in [4.78, 5) is 31.6. The average molecular weight is 429 g/mol. The van der Waals surface area contributed by atoms with Crippen LogP contribution in [-0.4, -0.2) is 44.9 Å². The third-order valence-electron chi connectivity index (χ3n) is 5.83. The van der Waals surface area contributed by atoms with E-state index >= 15 is 0 Å². The van der Waals surface area contributed by atoms with E-state index in [-0.39, 0.29) is 41.8 Å². The third kappa shape index (κ3) is 4.79. The van der Waals surface area contributed by atoms with Gasteiger partial charge >= 0.3 is 0 Å². The van der Waals surface area contributed by atoms with Crippen molar-refractivity contribution in [2.45, 2.75) is 58.4 Å². The van der Waals surface area contributed by atoms with Gasteiger partial charge in [0.25, 0.3) is 5.91 Å². The van der Waals surface area contributed by atoms with Crippen LogP contribution in [0.1, 0.15) is 61.5 Å². The molecular weight excluding hydrogens is 399 g/mol. The molecule has 7 nitrogen and oxygen atoms in total. The average Bonchev–Trinajstić information content (AvgIpc) is 3.16. The van der Waals surface area contributed by atoms with Crippen molar-refractivity contribution in [2.24, 2.45) is 5.92 Å². The molecule has 2 aromatic rings. The Balaban J connectivity index is 1.38. The molecule has 1 aromatic carbocycles. The highest BCUT2D eigenvalue weighted by atomic mass is 19.1. The summed E-state index contributed by atoms with van der Waals surface area (Å²) in [6.45, 7) is 7.76. The number of piperidine rings is 1. The Kier molecular flexibility index (Phi) is 5.83. The van der Waals surface area contributed by atoms with Gasteiger partial charge in [-0.05, 0) is 51.3 Å². The van der Waals surface area contributed by atoms with Crippen LogP contribution < -0.4 is 5.32 Å². The second kappa shape index (κ2) is 8.42. The zero-order valence-corrected chi connectivity index (χ0v) is 18.2. The monoisotopic (exact) mass is 428 g/mol. The standard InChI is InChI=1S/C23H29FN4O3/c1-23(2,3)26-21(29)16-8-10-27(11-9-16)22(30)20-18-13-31-19(12-28(18)14-25-20)15-4-6-17(24)7-5-15/h4-7,14,16,19H,8-13H2,1-3H3,(H,26,29)/t19-/m1/s1. The van der Waals surface area contributed by atoms with Gasteiger partial charge in [0.05, 0.1) is 25.2 Å². The van der Waals surface area contributed by atoms with Gasteiger partial charge in [-0.1, -0.05) is 12.1 Å². The van der Waals surface area contributed by atoms with Crippen LogP contribution in [0.4, 0.5) is 4.39 Å². The normalized spacial score (nSPS) is 19.7. The largest absolute Gasteiger partial charge is 0.365 e. The lowest BCUT2D eigenvalue weighted by Gasteiger charge is -2.33. The van der Waals surface area contributed by atoms with Crippen LogP contribution in [0, 0.1) is 11.7 Å². The predicted molar refractivity (Wildman–Crippen MR) is 113 cm³/mol. The first kappa shape index (κ1) is 21.5. The lowest BCUT2D eigenvalue weighted by atomic mass is 9.94. The van der Waals surface area contributed by atoms with Crippen LogP contribution in [0.25, 0.3) is 0 Å². The number of ether oxygens (including phenoxy) is 1. The first-order valence-electron chi connectivity index (χ1n) is 10.7. The summed E-state index contributed by atoms with van der Waals surface area (Å²) >= 11 is 0. The molecule has 1 N–H and O–H groups in total. The Morgan fingerprint density at radius 3 is 2.48 bits per heavy atom. The maximum Gasteiger partial charge on any atom is 0.274 e. The van der Waals surface area contributed by atoms with Crippen molar-refractivity contribution in [3.05, 3.63) is 53.4 Å². The summed E-state index contributed by atoms with van der Waals surface area (Å²) in [7, 11) is 0. The Bertz CT molecular complexity index is 956. The van der Waals surface area contributed by atoms with E-state index in [1.165, 1.54) is 12.1 Å². The summed E-state index contributed by atoms with van der Waals surface area (Å²) in [5.41, 5.74) is 1.81. The van der Waals surface area contributed by atoms with Crippen molar-refractivity contribution in [3.63, 3.8) is 0 Å². The minimum absolute atomic E-state index is 0.0548. The van der Waals surface area contributed by atoms with E-state index in [1.54, 1.807) is 23.4 Å². The van der Waals surface area contributed by atoms with Gasteiger partial charge in [0.1, 0.15) is 11.9 Å². The Hall–Kier alpha value is -2.74. The number of hydrogen-bond acceptors (Lipinski definition) is 4. The zero-order chi connectivity index (χ0) is 22.2. The van der Waals surface area contributed by atoms with Crippen LogP contribution in [-0.2, 0) is 22.7 Å². The maximum absolute atomic E-state index is 13.2. The predicted octanol–water partition coefficient (Wildman–Crippen LogP) is 3.06. The summed E-state index contributed by atoms with van der Waals surface area (Å²) in [5.74, 6) is -0.416. The van der Waals surface area contributed by atoms with E-state index in [9.17, 15) is 14.0 Å². The second-order valence-electron chi connectivity index (χ2n) is 9.35. The molecule has 1 aromatic heterocycles. The molecule has 0 spiro atoms. The molecule has 4 rings (SSSR count). The minimum Gasteiger partial charge on any atom is -0.365 e. The van der Waals surface area contributed by atoms with Gasteiger partial charge in [-0.2, -0.15) is 0 Å². The molecule has 1 fully saturated rings. The number of likely N-dealkylation sites (tertiary alicyclic amines) is 1. The lowest BCUT2D eigenvalue weighted by molar-refractivity contribution is -0.127. The summed E-state index contributed by atoms with van der Waals surface area (Å²) in [6, 6.07) is 6.27. The highest BCUT2D eigenvalue weighted by Crippen LogP contribution is 2.29. The number of fused-ring (bicyclic) bond motifs is 1. The van der Waals surface area contributed by atoms with E-state index in [4.69, 9.17) is 4.74 Å². The van der Waals surface area contributed by atoms with Gasteiger partial charge in [-0.25, -0.2) is 9.37 Å². The number of benzene rings is 1. The molecule has 0 aliphatic carbocycles. The number of rotatable bonds is 3. The van der Waals surface area contributed by atoms with Crippen LogP contribution in [0.15, 0.2) is 30.6 Å². The van der Waals surface area contributed by atoms with Crippen LogP contribution in [0.3, 0.4) is 0 Å². The molecular formula is C23H29FN4O3. The molecule has 2 aliphatic heterocycles. The molecule has 3 heterocycles. The highest BCUT2D eigenvalue weighted by Gasteiger charge is 2.33. The van der Waals surface area contributed by atoms with Gasteiger partial charge in [0.2, 0.25) is 5.91 Å². The van der Waals surface area contributed by atoms with Crippen LogP contribution in [0.5, 0.6) is 0 Å². The number of carbonyl (C=O) groups excluding carboxylic acids is 2. The molecule has 1 atom stereocenters. The highest BCUT2D eigenvalue weighted by molar-refractivity contribution is 5.93. The topological polar surface area (TPSA) is 76.5 Å². The van der Waals surface area contributed by atoms with Gasteiger partial charge in [0, 0.05) is 24.5 Å². The molecule has 0 radical (unpaired) electrons. The van der Waals surface area contributed by atoms with E-state index in [0.717, 1.165) is 11.3 Å². The number of nitrogens with one attached hydrogen (secondary N) is 1. The summed E-state index contributed by atoms with van der Waals surface area (Å²) in [5, 5.41) is 3.03. The Morgan fingerprint density at radius 1 is 1.16 bits per heavy atom. The van der Waals surface area contributed by atoms with E-state index in [0.29, 0.717) is 38.2 Å². The smallest absolute Gasteiger partial charge is 0.274 e. The van der Waals surface area contributed by atoms with E-state index in [2.05, 4.69) is 10.3 Å². The summed E-state index contributed by atoms with van der Waals surface area (Å²) < 4.78 is 21.1. The van der Waals surface area contributed by atoms with Crippen molar-refractivity contribution in [1.82, 2.24) is 19.8 Å². The van der Waals surface area contributed by atoms with Gasteiger partial charge in [0.15, 0.2) is 5.69 Å². The SMILES string of the molecule is CC(C)(C)NC(=O)C1CCN(C(=O)c2ncn3c2CO[C@@H](c2ccc(F)cc2)C3)CC1. The molecule has 31 heavy (non-hydrogen) atoms. The number of carbonyl (C=O) groups is 2. The van der Waals surface area contributed by atoms with E-state index in [1.807, 2.05) is 25.3 Å². The summed E-state index contributed by atoms with van der Waals surface area (Å²) in [6.07, 6.45) is 2.76. The third-order valence-corrected chi connectivity index (χ3v) is 5.83. The fourth-order valence-corrected chi connectivity index (χ4v) is 4.15. The molecule has 0 bridgehead atoms. The fourth-order valence-electron chi connectivity index (χ4n) is 4.15. The van der Waals surface area contributed by atoms with Gasteiger partial charge in [-0.3, -0.25) is 9.59 Å². The molecule has 166 valence electrons. The molecule has 8 heteroatoms. The number of imidazole rings is 1. The number of amides is 2. The number of aromatic nitrogens is 2. The fraction of sp³-hybridized carbons (Fsp3) is 0.522. The first-order valence-corrected chi connectivity index (χ1v) is 10.7. The quantitative estimate of drug-likeness (QED) is 0.815. The van der Waals surface area contributed by atoms with Crippen molar-refractivity contribution >= 4 is 11.8 Å². The van der Waals surface area contributed by atoms with Crippen molar-refractivity contribution < 1.29 is 18.7 Å². The van der Waals surface area contributed by atoms with Crippen molar-refractivity contribution in [2.75, 3.05) is 13.1 Å². The number of hydrogen-bond donors (Lipinski definition) is 1. The maximum atomic E-state index is 13.2. The van der Waals surface area contributed by atoms with Crippen LogP contribution in [0.2, 0.25) is 0 Å². The second-order valence-corrected chi connectivity index (χ2v) is 9.35. The molecule has 2 aliphatic rings. The molecule has 0 saturated carbocycles. The first-order chi connectivity index (χ1) is 14.7. The van der Waals surface area contributed by atoms with Crippen LogP contribution >= 0.6 is 0 Å². The van der Waals surface area contributed by atoms with Gasteiger partial charge in [-0.15, -0.1) is 0 Å². The van der Waals surface area contributed by atoms with Gasteiger partial charge < -0.3 is 19.5 Å². The zero-order valence-electron chi connectivity index (χ0n) is 18.2. The van der Waals surface area contributed by atoms with Crippen molar-refractivity contribution in [3.8, 4) is 0 Å². The van der Waals surface area contributed by atoms with Crippen molar-refractivity contribution in [1.29, 1.82) is 0 Å². The van der Waals surface area contributed by atoms with E-state index < -0.39 is 0 Å². The lowest BCUT2D eigenvalue weighted by Crippen LogP contribution is -2.48.